The fourth-order valence-corrected chi connectivity index (χ4v) is 2.31. The summed E-state index contributed by atoms with van der Waals surface area (Å²) in [6.07, 6.45) is 2.95. The van der Waals surface area contributed by atoms with Crippen LogP contribution in [0, 0.1) is 0 Å². The highest BCUT2D eigenvalue weighted by molar-refractivity contribution is 6.32. The van der Waals surface area contributed by atoms with Gasteiger partial charge in [-0.2, -0.15) is 0 Å². The average molecular weight is 371 g/mol. The summed E-state index contributed by atoms with van der Waals surface area (Å²) >= 11 is 6.04. The molecule has 4 N–H and O–H groups in total. The Balaban J connectivity index is 1.81. The molecule has 0 fully saturated rings. The van der Waals surface area contributed by atoms with Crippen LogP contribution in [0.2, 0.25) is 5.15 Å². The molecule has 2 heterocycles. The van der Waals surface area contributed by atoms with E-state index >= 15 is 0 Å². The Morgan fingerprint density at radius 1 is 1.08 bits per heavy atom. The third kappa shape index (κ3) is 3.81. The molecule has 3 rings (SSSR count). The van der Waals surface area contributed by atoms with E-state index in [1.165, 1.54) is 13.4 Å². The summed E-state index contributed by atoms with van der Waals surface area (Å²) in [6, 6.07) is 10.2. The summed E-state index contributed by atoms with van der Waals surface area (Å²) in [5, 5.41) is 6.41. The van der Waals surface area contributed by atoms with Crippen LogP contribution in [0.15, 0.2) is 48.9 Å². The molecule has 3 aromatic rings. The maximum Gasteiger partial charge on any atom is 0.337 e. The summed E-state index contributed by atoms with van der Waals surface area (Å²) in [6.45, 7) is 0. The van der Waals surface area contributed by atoms with Gasteiger partial charge in [-0.05, 0) is 36.4 Å². The first-order chi connectivity index (χ1) is 12.6. The second-order valence-corrected chi connectivity index (χ2v) is 5.50. The van der Waals surface area contributed by atoms with Gasteiger partial charge in [-0.15, -0.1) is 0 Å². The molecule has 1 aromatic carbocycles. The lowest BCUT2D eigenvalue weighted by atomic mass is 10.2. The quantitative estimate of drug-likeness (QED) is 0.462. The Labute approximate surface area is 154 Å². The smallest absolute Gasteiger partial charge is 0.337 e. The third-order valence-corrected chi connectivity index (χ3v) is 3.77. The maximum absolute atomic E-state index is 11.5. The summed E-state index contributed by atoms with van der Waals surface area (Å²) in [7, 11) is 1.33. The van der Waals surface area contributed by atoms with Gasteiger partial charge in [-0.3, -0.25) is 0 Å². The van der Waals surface area contributed by atoms with Crippen LogP contribution >= 0.6 is 11.6 Å². The number of nitrogens with one attached hydrogen (secondary N) is 2. The second-order valence-electron chi connectivity index (χ2n) is 5.15. The highest BCUT2D eigenvalue weighted by Crippen LogP contribution is 2.30. The largest absolute Gasteiger partial charge is 0.465 e. The minimum Gasteiger partial charge on any atom is -0.465 e. The van der Waals surface area contributed by atoms with Crippen molar-refractivity contribution in [2.45, 2.75) is 0 Å². The van der Waals surface area contributed by atoms with Crippen molar-refractivity contribution in [1.29, 1.82) is 0 Å². The zero-order valence-electron chi connectivity index (χ0n) is 13.7. The molecular weight excluding hydrogens is 356 g/mol. The van der Waals surface area contributed by atoms with Crippen molar-refractivity contribution in [3.8, 4) is 0 Å². The van der Waals surface area contributed by atoms with Crippen molar-refractivity contribution >= 4 is 46.3 Å². The van der Waals surface area contributed by atoms with E-state index in [9.17, 15) is 4.79 Å². The van der Waals surface area contributed by atoms with Crippen LogP contribution < -0.4 is 16.4 Å². The van der Waals surface area contributed by atoms with E-state index in [1.807, 2.05) is 0 Å². The van der Waals surface area contributed by atoms with Gasteiger partial charge in [0.05, 0.1) is 18.4 Å². The Morgan fingerprint density at radius 2 is 1.77 bits per heavy atom. The Bertz CT molecular complexity index is 933. The topological polar surface area (TPSA) is 115 Å². The normalized spacial score (nSPS) is 10.2. The van der Waals surface area contributed by atoms with Crippen molar-refractivity contribution in [2.75, 3.05) is 23.5 Å². The molecule has 2 aromatic heterocycles. The van der Waals surface area contributed by atoms with Gasteiger partial charge in [-0.25, -0.2) is 19.7 Å². The lowest BCUT2D eigenvalue weighted by Crippen LogP contribution is -2.06. The van der Waals surface area contributed by atoms with Crippen LogP contribution in [-0.2, 0) is 4.74 Å². The number of rotatable bonds is 5. The molecule has 0 spiro atoms. The molecule has 9 heteroatoms. The number of methoxy groups -OCH3 is 1. The van der Waals surface area contributed by atoms with Crippen LogP contribution in [0.5, 0.6) is 0 Å². The Hall–Kier alpha value is -3.39. The zero-order valence-corrected chi connectivity index (χ0v) is 14.5. The van der Waals surface area contributed by atoms with Gasteiger partial charge < -0.3 is 21.1 Å². The predicted octanol–water partition coefficient (Wildman–Crippen LogP) is 3.38. The number of ether oxygens (including phenoxy) is 1. The lowest BCUT2D eigenvalue weighted by molar-refractivity contribution is 0.0601. The number of hydrogen-bond donors (Lipinski definition) is 3. The molecule has 0 saturated carbocycles. The summed E-state index contributed by atoms with van der Waals surface area (Å²) < 4.78 is 4.67. The molecule has 0 saturated heterocycles. The SMILES string of the molecule is COC(=O)c1ccc(Nc2ncnc(Nc3cccnc3Cl)c2N)cc1. The molecule has 0 atom stereocenters. The van der Waals surface area contributed by atoms with E-state index in [0.29, 0.717) is 39.4 Å². The highest BCUT2D eigenvalue weighted by Gasteiger charge is 2.11. The number of hydrogen-bond acceptors (Lipinski definition) is 8. The molecule has 0 radical (unpaired) electrons. The lowest BCUT2D eigenvalue weighted by Gasteiger charge is -2.13. The summed E-state index contributed by atoms with van der Waals surface area (Å²) in [4.78, 5) is 23.7. The number of halogens is 1. The number of anilines is 5. The molecule has 132 valence electrons. The first kappa shape index (κ1) is 17.4. The van der Waals surface area contributed by atoms with Crippen LogP contribution in [0.4, 0.5) is 28.7 Å². The molecule has 0 aliphatic carbocycles. The number of pyridine rings is 1. The van der Waals surface area contributed by atoms with E-state index < -0.39 is 5.97 Å². The van der Waals surface area contributed by atoms with Crippen molar-refractivity contribution in [3.05, 3.63) is 59.6 Å². The van der Waals surface area contributed by atoms with Gasteiger partial charge in [0.25, 0.3) is 0 Å². The first-order valence-corrected chi connectivity index (χ1v) is 7.89. The molecule has 0 aliphatic heterocycles. The van der Waals surface area contributed by atoms with E-state index in [1.54, 1.807) is 42.6 Å². The summed E-state index contributed by atoms with van der Waals surface area (Å²) in [5.41, 5.74) is 8.18. The predicted molar refractivity (Wildman–Crippen MR) is 100 cm³/mol. The molecule has 0 unspecified atom stereocenters. The molecule has 8 nitrogen and oxygen atoms in total. The molecule has 26 heavy (non-hydrogen) atoms. The monoisotopic (exact) mass is 370 g/mol. The Morgan fingerprint density at radius 3 is 2.42 bits per heavy atom. The average Bonchev–Trinajstić information content (AvgIpc) is 2.66. The van der Waals surface area contributed by atoms with Gasteiger partial charge >= 0.3 is 5.97 Å². The van der Waals surface area contributed by atoms with Crippen molar-refractivity contribution in [1.82, 2.24) is 15.0 Å². The van der Waals surface area contributed by atoms with Gasteiger partial charge in [-0.1, -0.05) is 11.6 Å². The number of nitrogens with two attached hydrogens (primary N) is 1. The van der Waals surface area contributed by atoms with E-state index in [0.717, 1.165) is 0 Å². The minimum atomic E-state index is -0.405. The number of nitrogens with zero attached hydrogens (tertiary/aromatic N) is 3. The molecular formula is C17H15ClN6O2. The van der Waals surface area contributed by atoms with E-state index in [4.69, 9.17) is 17.3 Å². The first-order valence-electron chi connectivity index (χ1n) is 7.52. The minimum absolute atomic E-state index is 0.304. The van der Waals surface area contributed by atoms with Crippen molar-refractivity contribution in [2.24, 2.45) is 0 Å². The number of carbonyl (C=O) groups is 1. The van der Waals surface area contributed by atoms with Crippen molar-refractivity contribution in [3.63, 3.8) is 0 Å². The maximum atomic E-state index is 11.5. The van der Waals surface area contributed by atoms with Crippen LogP contribution in [0.3, 0.4) is 0 Å². The number of aromatic nitrogens is 3. The highest BCUT2D eigenvalue weighted by atomic mass is 35.5. The Kier molecular flexibility index (Phi) is 5.14. The summed E-state index contributed by atoms with van der Waals surface area (Å²) in [5.74, 6) is 0.398. The number of nitrogen functional groups attached to an aromatic ring is 1. The van der Waals surface area contributed by atoms with Crippen LogP contribution in [-0.4, -0.2) is 28.0 Å². The van der Waals surface area contributed by atoms with Gasteiger partial charge in [0.15, 0.2) is 16.8 Å². The fourth-order valence-electron chi connectivity index (χ4n) is 2.15. The van der Waals surface area contributed by atoms with E-state index in [-0.39, 0.29) is 0 Å². The van der Waals surface area contributed by atoms with E-state index in [2.05, 4.69) is 30.3 Å². The number of carbonyl (C=O) groups excluding carboxylic acids is 1. The standard InChI is InChI=1S/C17H15ClN6O2/c1-26-17(25)10-4-6-11(7-5-10)23-15-13(19)16(22-9-21-15)24-12-3-2-8-20-14(12)18/h2-9H,19H2,1H3,(H2,21,22,23,24). The second kappa shape index (κ2) is 7.66. The number of benzene rings is 1. The van der Waals surface area contributed by atoms with Gasteiger partial charge in [0, 0.05) is 11.9 Å². The van der Waals surface area contributed by atoms with Crippen LogP contribution in [0.25, 0.3) is 0 Å². The van der Waals surface area contributed by atoms with Crippen molar-refractivity contribution < 1.29 is 9.53 Å². The van der Waals surface area contributed by atoms with Gasteiger partial charge in [0.1, 0.15) is 12.0 Å². The zero-order chi connectivity index (χ0) is 18.5. The molecule has 0 amide bonds. The van der Waals surface area contributed by atoms with Gasteiger partial charge in [0.2, 0.25) is 0 Å². The number of esters is 1. The molecule has 0 bridgehead atoms. The van der Waals surface area contributed by atoms with Crippen LogP contribution in [0.1, 0.15) is 10.4 Å². The fraction of sp³-hybridized carbons (Fsp3) is 0.0588. The molecule has 0 aliphatic rings. The third-order valence-electron chi connectivity index (χ3n) is 3.46.